The zero-order chi connectivity index (χ0) is 12.8. The van der Waals surface area contributed by atoms with Crippen LogP contribution in [0.15, 0.2) is 11.4 Å². The van der Waals surface area contributed by atoms with E-state index in [4.69, 9.17) is 9.47 Å². The van der Waals surface area contributed by atoms with Gasteiger partial charge in [-0.3, -0.25) is 4.79 Å². The van der Waals surface area contributed by atoms with E-state index < -0.39 is 0 Å². The SMILES string of the molecule is CCCc1cc(C(=O)NC[C@H]2COCCO2)cs1. The normalized spacial score (nSPS) is 19.7. The van der Waals surface area contributed by atoms with E-state index in [-0.39, 0.29) is 12.0 Å². The van der Waals surface area contributed by atoms with Gasteiger partial charge in [0.15, 0.2) is 0 Å². The molecule has 0 spiro atoms. The van der Waals surface area contributed by atoms with Crippen LogP contribution in [0.2, 0.25) is 0 Å². The largest absolute Gasteiger partial charge is 0.376 e. The van der Waals surface area contributed by atoms with Crippen molar-refractivity contribution in [1.29, 1.82) is 0 Å². The third-order valence-corrected chi connectivity index (χ3v) is 3.78. The fourth-order valence-electron chi connectivity index (χ4n) is 1.84. The summed E-state index contributed by atoms with van der Waals surface area (Å²) in [5, 5.41) is 4.80. The van der Waals surface area contributed by atoms with Gasteiger partial charge in [0.25, 0.3) is 5.91 Å². The zero-order valence-electron chi connectivity index (χ0n) is 10.6. The molecule has 0 aromatic carbocycles. The highest BCUT2D eigenvalue weighted by molar-refractivity contribution is 7.10. The molecule has 1 aliphatic rings. The predicted octanol–water partition coefficient (Wildman–Crippen LogP) is 1.85. The topological polar surface area (TPSA) is 47.6 Å². The van der Waals surface area contributed by atoms with Crippen molar-refractivity contribution in [2.45, 2.75) is 25.9 Å². The van der Waals surface area contributed by atoms with Gasteiger partial charge in [-0.05, 0) is 12.5 Å². The molecule has 1 aromatic rings. The maximum Gasteiger partial charge on any atom is 0.252 e. The molecule has 1 amide bonds. The molecule has 0 bridgehead atoms. The van der Waals surface area contributed by atoms with Crippen LogP contribution >= 0.6 is 11.3 Å². The standard InChI is InChI=1S/C13H19NO3S/c1-2-3-12-6-10(9-18-12)13(15)14-7-11-8-16-4-5-17-11/h6,9,11H,2-5,7-8H2,1H3,(H,14,15)/t11-/m0/s1. The summed E-state index contributed by atoms with van der Waals surface area (Å²) in [6.07, 6.45) is 2.13. The molecule has 1 N–H and O–H groups in total. The minimum Gasteiger partial charge on any atom is -0.376 e. The molecular formula is C13H19NO3S. The van der Waals surface area contributed by atoms with E-state index in [1.54, 1.807) is 11.3 Å². The third kappa shape index (κ3) is 3.80. The quantitative estimate of drug-likeness (QED) is 0.887. The zero-order valence-corrected chi connectivity index (χ0v) is 11.4. The molecule has 18 heavy (non-hydrogen) atoms. The van der Waals surface area contributed by atoms with Gasteiger partial charge >= 0.3 is 0 Å². The van der Waals surface area contributed by atoms with Gasteiger partial charge in [-0.15, -0.1) is 11.3 Å². The predicted molar refractivity (Wildman–Crippen MR) is 71.2 cm³/mol. The van der Waals surface area contributed by atoms with Gasteiger partial charge in [0, 0.05) is 16.8 Å². The van der Waals surface area contributed by atoms with Crippen LogP contribution in [-0.4, -0.2) is 38.4 Å². The first-order chi connectivity index (χ1) is 8.79. The highest BCUT2D eigenvalue weighted by Crippen LogP contribution is 2.16. The maximum absolute atomic E-state index is 11.9. The number of aryl methyl sites for hydroxylation is 1. The molecule has 1 fully saturated rings. The summed E-state index contributed by atoms with van der Waals surface area (Å²) in [5.41, 5.74) is 0.750. The first-order valence-corrected chi connectivity index (χ1v) is 7.22. The molecule has 1 atom stereocenters. The number of amides is 1. The summed E-state index contributed by atoms with van der Waals surface area (Å²) in [6, 6.07) is 1.97. The number of carbonyl (C=O) groups is 1. The van der Waals surface area contributed by atoms with Crippen LogP contribution in [0.4, 0.5) is 0 Å². The molecule has 4 nitrogen and oxygen atoms in total. The Kier molecular flexibility index (Phi) is 5.16. The van der Waals surface area contributed by atoms with Crippen LogP contribution in [0, 0.1) is 0 Å². The van der Waals surface area contributed by atoms with Crippen molar-refractivity contribution < 1.29 is 14.3 Å². The van der Waals surface area contributed by atoms with E-state index in [0.717, 1.165) is 18.4 Å². The number of rotatable bonds is 5. The third-order valence-electron chi connectivity index (χ3n) is 2.79. The first kappa shape index (κ1) is 13.5. The maximum atomic E-state index is 11.9. The van der Waals surface area contributed by atoms with Gasteiger partial charge < -0.3 is 14.8 Å². The molecule has 1 saturated heterocycles. The van der Waals surface area contributed by atoms with Crippen molar-refractivity contribution in [3.63, 3.8) is 0 Å². The van der Waals surface area contributed by atoms with Gasteiger partial charge in [0.1, 0.15) is 0 Å². The van der Waals surface area contributed by atoms with Crippen molar-refractivity contribution in [2.75, 3.05) is 26.4 Å². The van der Waals surface area contributed by atoms with Gasteiger partial charge in [-0.1, -0.05) is 13.3 Å². The second-order valence-corrected chi connectivity index (χ2v) is 5.33. The monoisotopic (exact) mass is 269 g/mol. The Morgan fingerprint density at radius 1 is 1.56 bits per heavy atom. The summed E-state index contributed by atoms with van der Waals surface area (Å²) in [4.78, 5) is 13.2. The molecular weight excluding hydrogens is 250 g/mol. The average Bonchev–Trinajstić information content (AvgIpc) is 2.86. The van der Waals surface area contributed by atoms with Gasteiger partial charge in [0.05, 0.1) is 31.5 Å². The number of carbonyl (C=O) groups excluding carboxylic acids is 1. The second kappa shape index (κ2) is 6.87. The fourth-order valence-corrected chi connectivity index (χ4v) is 2.81. The molecule has 5 heteroatoms. The van der Waals surface area contributed by atoms with Gasteiger partial charge in [-0.2, -0.15) is 0 Å². The number of ether oxygens (including phenoxy) is 2. The lowest BCUT2D eigenvalue weighted by Crippen LogP contribution is -2.39. The molecule has 0 unspecified atom stereocenters. The number of thiophene rings is 1. The summed E-state index contributed by atoms with van der Waals surface area (Å²) in [5.74, 6) is -0.0252. The summed E-state index contributed by atoms with van der Waals surface area (Å²) < 4.78 is 10.8. The van der Waals surface area contributed by atoms with E-state index in [1.165, 1.54) is 4.88 Å². The number of hydrogen-bond donors (Lipinski definition) is 1. The van der Waals surface area contributed by atoms with Gasteiger partial charge in [0.2, 0.25) is 0 Å². The second-order valence-electron chi connectivity index (χ2n) is 4.33. The lowest BCUT2D eigenvalue weighted by Gasteiger charge is -2.22. The summed E-state index contributed by atoms with van der Waals surface area (Å²) >= 11 is 1.65. The summed E-state index contributed by atoms with van der Waals surface area (Å²) in [7, 11) is 0. The van der Waals surface area contributed by atoms with Crippen molar-refractivity contribution in [3.05, 3.63) is 21.9 Å². The average molecular weight is 269 g/mol. The Balaban J connectivity index is 1.79. The molecule has 0 aliphatic carbocycles. The number of hydrogen-bond acceptors (Lipinski definition) is 4. The van der Waals surface area contributed by atoms with Crippen LogP contribution in [0.5, 0.6) is 0 Å². The molecule has 1 aliphatic heterocycles. The van der Waals surface area contributed by atoms with E-state index in [0.29, 0.717) is 26.4 Å². The van der Waals surface area contributed by atoms with Crippen molar-refractivity contribution in [2.24, 2.45) is 0 Å². The minimum atomic E-state index is -0.0252. The van der Waals surface area contributed by atoms with Crippen LogP contribution in [0.25, 0.3) is 0 Å². The van der Waals surface area contributed by atoms with Crippen molar-refractivity contribution >= 4 is 17.2 Å². The fraction of sp³-hybridized carbons (Fsp3) is 0.615. The van der Waals surface area contributed by atoms with E-state index in [9.17, 15) is 4.79 Å². The van der Waals surface area contributed by atoms with Crippen molar-refractivity contribution in [3.8, 4) is 0 Å². The van der Waals surface area contributed by atoms with Gasteiger partial charge in [-0.25, -0.2) is 0 Å². The Morgan fingerprint density at radius 2 is 2.44 bits per heavy atom. The minimum absolute atomic E-state index is 0.0172. The Bertz CT molecular complexity index is 385. The Hall–Kier alpha value is -0.910. The van der Waals surface area contributed by atoms with Crippen LogP contribution < -0.4 is 5.32 Å². The highest BCUT2D eigenvalue weighted by Gasteiger charge is 2.16. The number of nitrogens with one attached hydrogen (secondary N) is 1. The lowest BCUT2D eigenvalue weighted by atomic mass is 10.2. The molecule has 2 rings (SSSR count). The molecule has 0 radical (unpaired) electrons. The van der Waals surface area contributed by atoms with E-state index in [1.807, 2.05) is 11.4 Å². The lowest BCUT2D eigenvalue weighted by molar-refractivity contribution is -0.0855. The smallest absolute Gasteiger partial charge is 0.252 e. The first-order valence-electron chi connectivity index (χ1n) is 6.34. The van der Waals surface area contributed by atoms with Crippen molar-refractivity contribution in [1.82, 2.24) is 5.32 Å². The van der Waals surface area contributed by atoms with Crippen LogP contribution in [-0.2, 0) is 15.9 Å². The molecule has 2 heterocycles. The van der Waals surface area contributed by atoms with Crippen LogP contribution in [0.3, 0.4) is 0 Å². The molecule has 0 saturated carbocycles. The Morgan fingerprint density at radius 3 is 3.17 bits per heavy atom. The Labute approximate surface area is 111 Å². The molecule has 1 aromatic heterocycles. The summed E-state index contributed by atoms with van der Waals surface area (Å²) in [6.45, 7) is 4.47. The van der Waals surface area contributed by atoms with Crippen LogP contribution in [0.1, 0.15) is 28.6 Å². The van der Waals surface area contributed by atoms with E-state index >= 15 is 0 Å². The highest BCUT2D eigenvalue weighted by atomic mass is 32.1. The van der Waals surface area contributed by atoms with E-state index in [2.05, 4.69) is 12.2 Å². The molecule has 100 valence electrons.